The van der Waals surface area contributed by atoms with Crippen LogP contribution in [0, 0.1) is 23.0 Å². The minimum absolute atomic E-state index is 0.0419. The molecular weight excluding hydrogens is 318 g/mol. The molecule has 0 amide bonds. The molecular formula is C19H22NO3Si-. The first-order valence-corrected chi connectivity index (χ1v) is 9.00. The van der Waals surface area contributed by atoms with Crippen LogP contribution < -0.4 is 0 Å². The SMILES string of the molecule is C[C@@H](C=O)C[C@]([SiH3])(CC1=CC=C(c2ccccc2)C#CC1)N([O-])O. The molecule has 0 heterocycles. The molecule has 0 aromatic heterocycles. The second-order valence-corrected chi connectivity index (χ2v) is 8.38. The van der Waals surface area contributed by atoms with Gasteiger partial charge in [0.25, 0.3) is 0 Å². The second kappa shape index (κ2) is 8.22. The van der Waals surface area contributed by atoms with E-state index in [2.05, 4.69) is 11.8 Å². The van der Waals surface area contributed by atoms with Gasteiger partial charge in [0.1, 0.15) is 6.29 Å². The third-order valence-corrected chi connectivity index (χ3v) is 5.32. The van der Waals surface area contributed by atoms with Gasteiger partial charge in [-0.2, -0.15) is 0 Å². The van der Waals surface area contributed by atoms with E-state index >= 15 is 0 Å². The van der Waals surface area contributed by atoms with E-state index in [0.717, 1.165) is 23.0 Å². The highest BCUT2D eigenvalue weighted by Crippen LogP contribution is 2.28. The van der Waals surface area contributed by atoms with E-state index < -0.39 is 5.16 Å². The molecule has 4 nitrogen and oxygen atoms in total. The molecule has 1 aromatic rings. The predicted octanol–water partition coefficient (Wildman–Crippen LogP) is 2.27. The molecule has 5 heteroatoms. The normalized spacial score (nSPS) is 17.8. The van der Waals surface area contributed by atoms with Crippen molar-refractivity contribution >= 4 is 22.1 Å². The second-order valence-electron chi connectivity index (χ2n) is 6.51. The Kier molecular flexibility index (Phi) is 6.29. The highest BCUT2D eigenvalue weighted by atomic mass is 28.1. The number of benzene rings is 1. The zero-order chi connectivity index (χ0) is 17.6. The summed E-state index contributed by atoms with van der Waals surface area (Å²) in [5.41, 5.74) is 2.99. The molecule has 0 unspecified atom stereocenters. The Morgan fingerprint density at radius 2 is 2.12 bits per heavy atom. The monoisotopic (exact) mass is 340 g/mol. The number of carbonyl (C=O) groups is 1. The lowest BCUT2D eigenvalue weighted by molar-refractivity contribution is -0.118. The summed E-state index contributed by atoms with van der Waals surface area (Å²) in [6, 6.07) is 9.92. The van der Waals surface area contributed by atoms with Crippen LogP contribution in [0.3, 0.4) is 0 Å². The summed E-state index contributed by atoms with van der Waals surface area (Å²) >= 11 is 0. The molecule has 2 atom stereocenters. The van der Waals surface area contributed by atoms with Crippen LogP contribution in [0.25, 0.3) is 5.57 Å². The Morgan fingerprint density at radius 1 is 1.42 bits per heavy atom. The highest BCUT2D eigenvalue weighted by Gasteiger charge is 2.29. The highest BCUT2D eigenvalue weighted by molar-refractivity contribution is 6.15. The zero-order valence-corrected chi connectivity index (χ0v) is 16.0. The van der Waals surface area contributed by atoms with Crippen LogP contribution in [-0.2, 0) is 4.79 Å². The Hall–Kier alpha value is -1.97. The lowest BCUT2D eigenvalue weighted by Crippen LogP contribution is -2.46. The maximum absolute atomic E-state index is 11.7. The summed E-state index contributed by atoms with van der Waals surface area (Å²) in [6.45, 7) is 1.76. The predicted molar refractivity (Wildman–Crippen MR) is 99.0 cm³/mol. The summed E-state index contributed by atoms with van der Waals surface area (Å²) in [4.78, 5) is 10.9. The molecule has 0 spiro atoms. The summed E-state index contributed by atoms with van der Waals surface area (Å²) < 4.78 is 0. The Bertz CT molecular complexity index is 700. The first-order chi connectivity index (χ1) is 11.4. The fraction of sp³-hybridized carbons (Fsp3) is 0.316. The van der Waals surface area contributed by atoms with Gasteiger partial charge in [0.05, 0.1) is 0 Å². The van der Waals surface area contributed by atoms with Crippen LogP contribution in [0.2, 0.25) is 0 Å². The quantitative estimate of drug-likeness (QED) is 0.358. The van der Waals surface area contributed by atoms with E-state index in [1.54, 1.807) is 6.92 Å². The molecule has 1 aliphatic carbocycles. The van der Waals surface area contributed by atoms with Crippen LogP contribution in [0.15, 0.2) is 48.1 Å². The smallest absolute Gasteiger partial charge is 0.122 e. The molecule has 0 aliphatic heterocycles. The summed E-state index contributed by atoms with van der Waals surface area (Å²) in [5, 5.41) is 20.4. The molecule has 0 saturated carbocycles. The van der Waals surface area contributed by atoms with Crippen molar-refractivity contribution in [2.75, 3.05) is 0 Å². The maximum atomic E-state index is 11.7. The van der Waals surface area contributed by atoms with E-state index in [1.165, 1.54) is 0 Å². The largest absolute Gasteiger partial charge is 0.762 e. The number of rotatable bonds is 7. The van der Waals surface area contributed by atoms with Crippen molar-refractivity contribution in [2.24, 2.45) is 5.92 Å². The van der Waals surface area contributed by atoms with E-state index in [9.17, 15) is 15.2 Å². The molecule has 24 heavy (non-hydrogen) atoms. The van der Waals surface area contributed by atoms with Crippen molar-refractivity contribution in [1.29, 1.82) is 0 Å². The van der Waals surface area contributed by atoms with Crippen LogP contribution in [0.1, 0.15) is 31.7 Å². The van der Waals surface area contributed by atoms with Gasteiger partial charge in [-0.05, 0) is 24.5 Å². The average Bonchev–Trinajstić information content (AvgIpc) is 2.80. The minimum atomic E-state index is -0.904. The standard InChI is InChI=1S/C19H22NO3Si/c1-15(14-21)12-19(24,20(22)23)13-16-6-5-9-18(11-10-16)17-7-3-2-4-8-17/h2-4,7-8,10-11,14-15,22H,6,12-13H2,1,24H3/q-1/t15-,19+/m1/s1. The molecule has 1 aliphatic rings. The van der Waals surface area contributed by atoms with Gasteiger partial charge >= 0.3 is 0 Å². The van der Waals surface area contributed by atoms with Crippen LogP contribution in [-0.4, -0.2) is 32.1 Å². The fourth-order valence-electron chi connectivity index (χ4n) is 2.91. The molecule has 2 rings (SSSR count). The number of hydrogen-bond acceptors (Lipinski definition) is 4. The molecule has 1 N–H and O–H groups in total. The van der Waals surface area contributed by atoms with Crippen molar-refractivity contribution in [3.8, 4) is 11.8 Å². The first kappa shape index (κ1) is 18.4. The van der Waals surface area contributed by atoms with Gasteiger partial charge in [0, 0.05) is 33.3 Å². The first-order valence-electron chi connectivity index (χ1n) is 8.00. The van der Waals surface area contributed by atoms with Gasteiger partial charge in [-0.15, -0.1) is 0 Å². The number of carbonyl (C=O) groups excluding carboxylic acids is 1. The van der Waals surface area contributed by atoms with Crippen LogP contribution in [0.4, 0.5) is 0 Å². The minimum Gasteiger partial charge on any atom is -0.762 e. The van der Waals surface area contributed by atoms with E-state index in [4.69, 9.17) is 0 Å². The third kappa shape index (κ3) is 4.76. The Morgan fingerprint density at radius 3 is 2.75 bits per heavy atom. The van der Waals surface area contributed by atoms with E-state index in [1.807, 2.05) is 42.5 Å². The van der Waals surface area contributed by atoms with E-state index in [0.29, 0.717) is 29.5 Å². The van der Waals surface area contributed by atoms with Gasteiger partial charge in [-0.3, -0.25) is 5.23 Å². The third-order valence-electron chi connectivity index (χ3n) is 4.17. The number of nitrogens with zero attached hydrogens (tertiary/aromatic N) is 1. The number of aldehydes is 1. The van der Waals surface area contributed by atoms with Gasteiger partial charge in [0.2, 0.25) is 0 Å². The van der Waals surface area contributed by atoms with Crippen molar-refractivity contribution < 1.29 is 10.0 Å². The van der Waals surface area contributed by atoms with Crippen molar-refractivity contribution in [3.63, 3.8) is 0 Å². The molecule has 0 bridgehead atoms. The number of allylic oxidation sites excluding steroid dienone is 3. The van der Waals surface area contributed by atoms with Crippen LogP contribution in [0.5, 0.6) is 0 Å². The van der Waals surface area contributed by atoms with Gasteiger partial charge in [0.15, 0.2) is 0 Å². The Balaban J connectivity index is 2.20. The summed E-state index contributed by atoms with van der Waals surface area (Å²) in [5.74, 6) is 6.02. The summed E-state index contributed by atoms with van der Waals surface area (Å²) in [7, 11) is 0.453. The molecule has 126 valence electrons. The van der Waals surface area contributed by atoms with E-state index in [-0.39, 0.29) is 11.1 Å². The average molecular weight is 340 g/mol. The molecule has 0 saturated heterocycles. The maximum Gasteiger partial charge on any atom is 0.122 e. The van der Waals surface area contributed by atoms with Crippen LogP contribution >= 0.6 is 0 Å². The lowest BCUT2D eigenvalue weighted by Gasteiger charge is -2.43. The molecule has 0 radical (unpaired) electrons. The zero-order valence-electron chi connectivity index (χ0n) is 14.0. The van der Waals surface area contributed by atoms with Gasteiger partial charge in [-0.25, -0.2) is 0 Å². The molecule has 0 fully saturated rings. The lowest BCUT2D eigenvalue weighted by atomic mass is 9.95. The van der Waals surface area contributed by atoms with Crippen molar-refractivity contribution in [3.05, 3.63) is 58.8 Å². The fourth-order valence-corrected chi connectivity index (χ4v) is 4.01. The van der Waals surface area contributed by atoms with Crippen molar-refractivity contribution in [2.45, 2.75) is 31.3 Å². The number of hydrogen-bond donors (Lipinski definition) is 1. The van der Waals surface area contributed by atoms with Crippen molar-refractivity contribution in [1.82, 2.24) is 5.23 Å². The van der Waals surface area contributed by atoms with Gasteiger partial charge < -0.3 is 15.2 Å². The topological polar surface area (TPSA) is 63.6 Å². The Labute approximate surface area is 145 Å². The summed E-state index contributed by atoms with van der Waals surface area (Å²) in [6.07, 6.45) is 6.08. The number of hydroxylamine groups is 2. The van der Waals surface area contributed by atoms with Gasteiger partial charge in [-0.1, -0.05) is 60.7 Å². The molecule has 1 aromatic carbocycles.